The van der Waals surface area contributed by atoms with Crippen LogP contribution in [0.3, 0.4) is 0 Å². The molecule has 18 heavy (non-hydrogen) atoms. The Morgan fingerprint density at radius 1 is 1.28 bits per heavy atom. The Balaban J connectivity index is 2.63. The van der Waals surface area contributed by atoms with Crippen molar-refractivity contribution in [1.82, 2.24) is 0 Å². The highest BCUT2D eigenvalue weighted by atomic mass is 16.5. The number of ketones is 1. The number of benzene rings is 1. The van der Waals surface area contributed by atoms with Gasteiger partial charge in [-0.1, -0.05) is 32.9 Å². The van der Waals surface area contributed by atoms with Crippen LogP contribution in [0.2, 0.25) is 0 Å². The van der Waals surface area contributed by atoms with Gasteiger partial charge in [-0.3, -0.25) is 4.79 Å². The van der Waals surface area contributed by atoms with E-state index >= 15 is 0 Å². The van der Waals surface area contributed by atoms with Gasteiger partial charge in [0.25, 0.3) is 0 Å². The first-order valence-electron chi connectivity index (χ1n) is 6.79. The Labute approximate surface area is 110 Å². The van der Waals surface area contributed by atoms with Crippen molar-refractivity contribution >= 4 is 5.78 Å². The Kier molecular flexibility index (Phi) is 5.90. The Bertz CT molecular complexity index is 382. The number of hydrogen-bond donors (Lipinski definition) is 0. The molecule has 1 unspecified atom stereocenters. The SMILES string of the molecule is CCOc1cccc(C(=O)CC(C)CC(C)C)c1. The molecule has 2 heteroatoms. The van der Waals surface area contributed by atoms with E-state index in [1.807, 2.05) is 31.2 Å². The predicted octanol–water partition coefficient (Wildman–Crippen LogP) is 4.34. The van der Waals surface area contributed by atoms with Gasteiger partial charge in [-0.25, -0.2) is 0 Å². The van der Waals surface area contributed by atoms with Gasteiger partial charge >= 0.3 is 0 Å². The topological polar surface area (TPSA) is 26.3 Å². The lowest BCUT2D eigenvalue weighted by molar-refractivity contribution is 0.0959. The largest absolute Gasteiger partial charge is 0.494 e. The third-order valence-corrected chi connectivity index (χ3v) is 2.87. The minimum atomic E-state index is 0.213. The minimum absolute atomic E-state index is 0.213. The quantitative estimate of drug-likeness (QED) is 0.671. The molecule has 0 aliphatic heterocycles. The standard InChI is InChI=1S/C16H24O2/c1-5-18-15-8-6-7-14(11-15)16(17)10-13(4)9-12(2)3/h6-8,11-13H,5,9-10H2,1-4H3. The molecule has 0 heterocycles. The van der Waals surface area contributed by atoms with Gasteiger partial charge in [0.15, 0.2) is 5.78 Å². The maximum atomic E-state index is 12.1. The van der Waals surface area contributed by atoms with Crippen LogP contribution < -0.4 is 4.74 Å². The van der Waals surface area contributed by atoms with E-state index < -0.39 is 0 Å². The van der Waals surface area contributed by atoms with Crippen LogP contribution in [0.25, 0.3) is 0 Å². The van der Waals surface area contributed by atoms with Gasteiger partial charge in [-0.2, -0.15) is 0 Å². The zero-order valence-electron chi connectivity index (χ0n) is 11.9. The summed E-state index contributed by atoms with van der Waals surface area (Å²) in [7, 11) is 0. The second-order valence-electron chi connectivity index (χ2n) is 5.32. The summed E-state index contributed by atoms with van der Waals surface area (Å²) < 4.78 is 5.41. The van der Waals surface area contributed by atoms with Crippen LogP contribution >= 0.6 is 0 Å². The summed E-state index contributed by atoms with van der Waals surface area (Å²) in [6.45, 7) is 9.10. The Morgan fingerprint density at radius 3 is 2.61 bits per heavy atom. The number of ether oxygens (including phenoxy) is 1. The molecule has 0 spiro atoms. The van der Waals surface area contributed by atoms with Crippen molar-refractivity contribution in [2.24, 2.45) is 11.8 Å². The molecule has 0 saturated carbocycles. The van der Waals surface area contributed by atoms with Gasteiger partial charge in [-0.15, -0.1) is 0 Å². The zero-order valence-corrected chi connectivity index (χ0v) is 11.9. The van der Waals surface area contributed by atoms with Crippen molar-refractivity contribution in [2.75, 3.05) is 6.61 Å². The average Bonchev–Trinajstić information content (AvgIpc) is 2.28. The van der Waals surface area contributed by atoms with Crippen molar-refractivity contribution in [3.63, 3.8) is 0 Å². The monoisotopic (exact) mass is 248 g/mol. The summed E-state index contributed by atoms with van der Waals surface area (Å²) in [6, 6.07) is 7.48. The van der Waals surface area contributed by atoms with E-state index in [4.69, 9.17) is 4.74 Å². The molecular formula is C16H24O2. The normalized spacial score (nSPS) is 12.5. The van der Waals surface area contributed by atoms with E-state index in [1.54, 1.807) is 0 Å². The first kappa shape index (κ1) is 14.7. The molecule has 1 rings (SSSR count). The molecule has 0 amide bonds. The second kappa shape index (κ2) is 7.20. The molecule has 1 aromatic rings. The van der Waals surface area contributed by atoms with E-state index in [-0.39, 0.29) is 5.78 Å². The summed E-state index contributed by atoms with van der Waals surface area (Å²) in [6.07, 6.45) is 1.71. The molecule has 0 fully saturated rings. The van der Waals surface area contributed by atoms with Gasteiger partial charge in [-0.05, 0) is 37.3 Å². The third-order valence-electron chi connectivity index (χ3n) is 2.87. The fourth-order valence-corrected chi connectivity index (χ4v) is 2.25. The molecule has 2 nitrogen and oxygen atoms in total. The lowest BCUT2D eigenvalue weighted by Crippen LogP contribution is -2.08. The van der Waals surface area contributed by atoms with Gasteiger partial charge < -0.3 is 4.74 Å². The maximum Gasteiger partial charge on any atom is 0.163 e. The molecule has 1 aromatic carbocycles. The lowest BCUT2D eigenvalue weighted by atomic mass is 9.92. The fourth-order valence-electron chi connectivity index (χ4n) is 2.25. The van der Waals surface area contributed by atoms with Crippen molar-refractivity contribution in [3.8, 4) is 5.75 Å². The third kappa shape index (κ3) is 4.91. The van der Waals surface area contributed by atoms with Gasteiger partial charge in [0.05, 0.1) is 6.61 Å². The molecule has 0 aliphatic rings. The number of rotatable bonds is 7. The van der Waals surface area contributed by atoms with E-state index in [9.17, 15) is 4.79 Å². The van der Waals surface area contributed by atoms with E-state index in [0.717, 1.165) is 17.7 Å². The molecule has 100 valence electrons. The molecule has 0 aromatic heterocycles. The van der Waals surface area contributed by atoms with E-state index in [2.05, 4.69) is 20.8 Å². The van der Waals surface area contributed by atoms with Crippen LogP contribution in [0.1, 0.15) is 50.9 Å². The predicted molar refractivity (Wildman–Crippen MR) is 75.2 cm³/mol. The Hall–Kier alpha value is -1.31. The summed E-state index contributed by atoms with van der Waals surface area (Å²) in [5.41, 5.74) is 0.761. The molecule has 0 radical (unpaired) electrons. The summed E-state index contributed by atoms with van der Waals surface area (Å²) in [4.78, 5) is 12.1. The number of carbonyl (C=O) groups excluding carboxylic acids is 1. The summed E-state index contributed by atoms with van der Waals surface area (Å²) >= 11 is 0. The number of hydrogen-bond acceptors (Lipinski definition) is 2. The maximum absolute atomic E-state index is 12.1. The van der Waals surface area contributed by atoms with Crippen molar-refractivity contribution in [3.05, 3.63) is 29.8 Å². The average molecular weight is 248 g/mol. The Morgan fingerprint density at radius 2 is 2.00 bits per heavy atom. The fraction of sp³-hybridized carbons (Fsp3) is 0.562. The lowest BCUT2D eigenvalue weighted by Gasteiger charge is -2.13. The van der Waals surface area contributed by atoms with Crippen molar-refractivity contribution < 1.29 is 9.53 Å². The highest BCUT2D eigenvalue weighted by Crippen LogP contribution is 2.20. The first-order valence-corrected chi connectivity index (χ1v) is 6.79. The van der Waals surface area contributed by atoms with Crippen LogP contribution in [0.5, 0.6) is 5.75 Å². The molecule has 0 saturated heterocycles. The molecule has 0 bridgehead atoms. The molecular weight excluding hydrogens is 224 g/mol. The van der Waals surface area contributed by atoms with E-state index in [1.165, 1.54) is 0 Å². The van der Waals surface area contributed by atoms with Crippen LogP contribution in [0.4, 0.5) is 0 Å². The van der Waals surface area contributed by atoms with Gasteiger partial charge in [0.2, 0.25) is 0 Å². The molecule has 0 aliphatic carbocycles. The zero-order chi connectivity index (χ0) is 13.5. The number of carbonyl (C=O) groups is 1. The number of Topliss-reactive ketones (excluding diaryl/α,β-unsaturated/α-hetero) is 1. The van der Waals surface area contributed by atoms with Crippen LogP contribution in [0, 0.1) is 11.8 Å². The molecule has 1 atom stereocenters. The molecule has 0 N–H and O–H groups in total. The van der Waals surface area contributed by atoms with Crippen LogP contribution in [-0.2, 0) is 0 Å². The summed E-state index contributed by atoms with van der Waals surface area (Å²) in [5.74, 6) is 2.07. The van der Waals surface area contributed by atoms with Gasteiger partial charge in [0.1, 0.15) is 5.75 Å². The van der Waals surface area contributed by atoms with Crippen LogP contribution in [0.15, 0.2) is 24.3 Å². The van der Waals surface area contributed by atoms with Crippen LogP contribution in [-0.4, -0.2) is 12.4 Å². The van der Waals surface area contributed by atoms with E-state index in [0.29, 0.717) is 24.9 Å². The highest BCUT2D eigenvalue weighted by molar-refractivity contribution is 5.96. The first-order chi connectivity index (χ1) is 8.52. The second-order valence-corrected chi connectivity index (χ2v) is 5.32. The highest BCUT2D eigenvalue weighted by Gasteiger charge is 2.13. The summed E-state index contributed by atoms with van der Waals surface area (Å²) in [5, 5.41) is 0. The van der Waals surface area contributed by atoms with Crippen molar-refractivity contribution in [2.45, 2.75) is 40.5 Å². The minimum Gasteiger partial charge on any atom is -0.494 e. The van der Waals surface area contributed by atoms with Gasteiger partial charge in [0, 0.05) is 12.0 Å². The smallest absolute Gasteiger partial charge is 0.163 e. The van der Waals surface area contributed by atoms with Crippen molar-refractivity contribution in [1.29, 1.82) is 0 Å².